The van der Waals surface area contributed by atoms with E-state index in [1.54, 1.807) is 0 Å². The van der Waals surface area contributed by atoms with Crippen molar-refractivity contribution in [1.82, 2.24) is 15.1 Å². The summed E-state index contributed by atoms with van der Waals surface area (Å²) < 4.78 is 0. The van der Waals surface area contributed by atoms with Gasteiger partial charge in [-0.3, -0.25) is 0 Å². The van der Waals surface area contributed by atoms with E-state index >= 15 is 0 Å². The first-order valence-corrected chi connectivity index (χ1v) is 9.40. The first-order valence-electron chi connectivity index (χ1n) is 9.40. The zero-order valence-corrected chi connectivity index (χ0v) is 16.5. The number of carboxylic acid groups (broad SMARTS) is 2. The Hall–Kier alpha value is -2.81. The molecule has 1 aromatic carbocycles. The first kappa shape index (κ1) is 23.2. The van der Waals surface area contributed by atoms with Gasteiger partial charge in [-0.15, -0.1) is 0 Å². The number of carboxylic acids is 2. The Morgan fingerprint density at radius 2 is 1.50 bits per heavy atom. The van der Waals surface area contributed by atoms with E-state index in [-0.39, 0.29) is 6.03 Å². The van der Waals surface area contributed by atoms with Gasteiger partial charge in [-0.25, -0.2) is 14.4 Å². The predicted molar refractivity (Wildman–Crippen MR) is 107 cm³/mol. The average Bonchev–Trinajstić information content (AvgIpc) is 2.72. The zero-order valence-electron chi connectivity index (χ0n) is 16.5. The second-order valence-electron chi connectivity index (χ2n) is 6.18. The van der Waals surface area contributed by atoms with Crippen molar-refractivity contribution in [2.24, 2.45) is 0 Å². The fraction of sp³-hybridized carbons (Fsp3) is 0.526. The number of piperazine rings is 1. The summed E-state index contributed by atoms with van der Waals surface area (Å²) in [6.45, 7) is 11.4. The van der Waals surface area contributed by atoms with Crippen LogP contribution in [-0.4, -0.2) is 90.3 Å². The van der Waals surface area contributed by atoms with Crippen molar-refractivity contribution in [1.29, 1.82) is 0 Å². The fourth-order valence-corrected chi connectivity index (χ4v) is 2.78. The van der Waals surface area contributed by atoms with Crippen molar-refractivity contribution in [2.45, 2.75) is 13.8 Å². The Morgan fingerprint density at radius 1 is 0.964 bits per heavy atom. The molecule has 1 fully saturated rings. The lowest BCUT2D eigenvalue weighted by molar-refractivity contribution is -0.159. The molecular formula is C19H30N4O5. The van der Waals surface area contributed by atoms with E-state index in [0.717, 1.165) is 52.4 Å². The molecule has 1 aromatic rings. The van der Waals surface area contributed by atoms with Gasteiger partial charge in [-0.1, -0.05) is 32.0 Å². The Morgan fingerprint density at radius 3 is 1.96 bits per heavy atom. The van der Waals surface area contributed by atoms with Crippen molar-refractivity contribution in [3.8, 4) is 0 Å². The van der Waals surface area contributed by atoms with Gasteiger partial charge in [0, 0.05) is 45.0 Å². The van der Waals surface area contributed by atoms with E-state index in [1.807, 2.05) is 11.0 Å². The average molecular weight is 394 g/mol. The molecule has 1 aliphatic rings. The molecule has 0 unspecified atom stereocenters. The predicted octanol–water partition coefficient (Wildman–Crippen LogP) is 1.02. The van der Waals surface area contributed by atoms with Crippen LogP contribution in [0.15, 0.2) is 30.3 Å². The molecule has 156 valence electrons. The highest BCUT2D eigenvalue weighted by Crippen LogP contribution is 2.15. The van der Waals surface area contributed by atoms with Crippen LogP contribution in [0.3, 0.4) is 0 Å². The fourth-order valence-electron chi connectivity index (χ4n) is 2.78. The molecular weight excluding hydrogens is 364 g/mol. The number of carbonyl (C=O) groups excluding carboxylic acids is 1. The number of hydrogen-bond donors (Lipinski definition) is 3. The van der Waals surface area contributed by atoms with Gasteiger partial charge in [-0.2, -0.15) is 0 Å². The quantitative estimate of drug-likeness (QED) is 0.617. The molecule has 2 rings (SSSR count). The standard InChI is InChI=1S/C17H28N4O.C2H2O4/c1-3-19(4-2)11-10-18-17(22)21-14-12-20(13-15-21)16-8-6-5-7-9-16;3-1(4)2(5)6/h5-9H,3-4,10-15H2,1-2H3,(H,18,22);(H,3,4)(H,5,6). The van der Waals surface area contributed by atoms with Crippen LogP contribution in [0.2, 0.25) is 0 Å². The van der Waals surface area contributed by atoms with E-state index in [1.165, 1.54) is 5.69 Å². The van der Waals surface area contributed by atoms with Crippen molar-refractivity contribution in [3.05, 3.63) is 30.3 Å². The molecule has 2 amide bonds. The molecule has 0 spiro atoms. The SMILES string of the molecule is CCN(CC)CCNC(=O)N1CCN(c2ccccc2)CC1.O=C(O)C(=O)O. The molecule has 3 N–H and O–H groups in total. The third-order valence-corrected chi connectivity index (χ3v) is 4.47. The van der Waals surface area contributed by atoms with E-state index < -0.39 is 11.9 Å². The van der Waals surface area contributed by atoms with Crippen LogP contribution < -0.4 is 10.2 Å². The number of likely N-dealkylation sites (N-methyl/N-ethyl adjacent to an activating group) is 1. The van der Waals surface area contributed by atoms with Crippen molar-refractivity contribution < 1.29 is 24.6 Å². The summed E-state index contributed by atoms with van der Waals surface area (Å²) in [7, 11) is 0. The van der Waals surface area contributed by atoms with Gasteiger partial charge in [0.05, 0.1) is 0 Å². The third-order valence-electron chi connectivity index (χ3n) is 4.47. The van der Waals surface area contributed by atoms with Gasteiger partial charge in [0.15, 0.2) is 0 Å². The van der Waals surface area contributed by atoms with Gasteiger partial charge in [0.25, 0.3) is 0 Å². The molecule has 1 heterocycles. The summed E-state index contributed by atoms with van der Waals surface area (Å²) in [5.74, 6) is -3.65. The number of anilines is 1. The van der Waals surface area contributed by atoms with Gasteiger partial charge < -0.3 is 30.2 Å². The van der Waals surface area contributed by atoms with Crippen molar-refractivity contribution >= 4 is 23.7 Å². The molecule has 0 atom stereocenters. The maximum absolute atomic E-state index is 12.2. The molecule has 28 heavy (non-hydrogen) atoms. The summed E-state index contributed by atoms with van der Waals surface area (Å²) in [4.78, 5) is 36.9. The highest BCUT2D eigenvalue weighted by Gasteiger charge is 2.20. The number of rotatable bonds is 6. The van der Waals surface area contributed by atoms with Gasteiger partial charge >= 0.3 is 18.0 Å². The van der Waals surface area contributed by atoms with Crippen molar-refractivity contribution in [2.75, 3.05) is 57.3 Å². The maximum atomic E-state index is 12.2. The minimum Gasteiger partial charge on any atom is -0.473 e. The summed E-state index contributed by atoms with van der Waals surface area (Å²) in [6, 6.07) is 10.5. The molecule has 0 aromatic heterocycles. The molecule has 0 radical (unpaired) electrons. The Balaban J connectivity index is 0.000000568. The number of benzene rings is 1. The summed E-state index contributed by atoms with van der Waals surface area (Å²) in [5, 5.41) is 17.8. The lowest BCUT2D eigenvalue weighted by atomic mass is 10.2. The summed E-state index contributed by atoms with van der Waals surface area (Å²) >= 11 is 0. The number of amides is 2. The van der Waals surface area contributed by atoms with Crippen LogP contribution in [-0.2, 0) is 9.59 Å². The highest BCUT2D eigenvalue weighted by molar-refractivity contribution is 6.27. The second-order valence-corrected chi connectivity index (χ2v) is 6.18. The van der Waals surface area contributed by atoms with Crippen LogP contribution in [0.25, 0.3) is 0 Å². The minimum absolute atomic E-state index is 0.0693. The largest absolute Gasteiger partial charge is 0.473 e. The Kier molecular flexibility index (Phi) is 10.4. The van der Waals surface area contributed by atoms with E-state index in [2.05, 4.69) is 53.2 Å². The molecule has 9 heteroatoms. The number of urea groups is 1. The summed E-state index contributed by atoms with van der Waals surface area (Å²) in [5.41, 5.74) is 1.24. The highest BCUT2D eigenvalue weighted by atomic mass is 16.4. The van der Waals surface area contributed by atoms with Gasteiger partial charge in [0.2, 0.25) is 0 Å². The number of carbonyl (C=O) groups is 3. The number of aliphatic carboxylic acids is 2. The smallest absolute Gasteiger partial charge is 0.414 e. The lowest BCUT2D eigenvalue weighted by Crippen LogP contribution is -2.52. The number of hydrogen-bond acceptors (Lipinski definition) is 5. The van der Waals surface area contributed by atoms with Gasteiger partial charge in [-0.05, 0) is 25.2 Å². The van der Waals surface area contributed by atoms with Crippen molar-refractivity contribution in [3.63, 3.8) is 0 Å². The molecule has 0 saturated carbocycles. The Labute approximate surface area is 165 Å². The van der Waals surface area contributed by atoms with Crippen LogP contribution >= 0.6 is 0 Å². The second kappa shape index (κ2) is 12.6. The molecule has 0 aliphatic carbocycles. The van der Waals surface area contributed by atoms with E-state index in [4.69, 9.17) is 19.8 Å². The molecule has 1 saturated heterocycles. The van der Waals surface area contributed by atoms with Crippen LogP contribution in [0.5, 0.6) is 0 Å². The minimum atomic E-state index is -1.82. The molecule has 1 aliphatic heterocycles. The summed E-state index contributed by atoms with van der Waals surface area (Å²) in [6.07, 6.45) is 0. The normalized spacial score (nSPS) is 13.5. The monoisotopic (exact) mass is 394 g/mol. The molecule has 9 nitrogen and oxygen atoms in total. The van der Waals surface area contributed by atoms with Gasteiger partial charge in [0.1, 0.15) is 0 Å². The third kappa shape index (κ3) is 8.26. The topological polar surface area (TPSA) is 113 Å². The van der Waals surface area contributed by atoms with Crippen LogP contribution in [0, 0.1) is 0 Å². The zero-order chi connectivity index (χ0) is 20.9. The lowest BCUT2D eigenvalue weighted by Gasteiger charge is -2.36. The number of nitrogens with zero attached hydrogens (tertiary/aromatic N) is 3. The van der Waals surface area contributed by atoms with E-state index in [0.29, 0.717) is 0 Å². The van der Waals surface area contributed by atoms with E-state index in [9.17, 15) is 4.79 Å². The molecule has 0 bridgehead atoms. The first-order chi connectivity index (χ1) is 13.4. The van der Waals surface area contributed by atoms with Crippen LogP contribution in [0.4, 0.5) is 10.5 Å². The maximum Gasteiger partial charge on any atom is 0.414 e. The van der Waals surface area contributed by atoms with Crippen LogP contribution in [0.1, 0.15) is 13.8 Å². The Bertz CT molecular complexity index is 602. The number of para-hydroxylation sites is 1. The number of nitrogens with one attached hydrogen (secondary N) is 1.